The smallest absolute Gasteiger partial charge is 0.372 e. The van der Waals surface area contributed by atoms with Gasteiger partial charge < -0.3 is 24.8 Å². The normalized spacial score (nSPS) is 21.5. The van der Waals surface area contributed by atoms with Gasteiger partial charge in [-0.1, -0.05) is 0 Å². The fourth-order valence-corrected chi connectivity index (χ4v) is 5.59. The van der Waals surface area contributed by atoms with E-state index in [1.54, 1.807) is 4.90 Å². The van der Waals surface area contributed by atoms with Crippen molar-refractivity contribution in [2.75, 3.05) is 54.9 Å². The number of hydrogen-bond acceptors (Lipinski definition) is 7. The van der Waals surface area contributed by atoms with Crippen LogP contribution in [0.3, 0.4) is 0 Å². The first-order chi connectivity index (χ1) is 20.7. The van der Waals surface area contributed by atoms with Gasteiger partial charge in [0.05, 0.1) is 34.6 Å². The molecule has 0 aliphatic carbocycles. The zero-order chi connectivity index (χ0) is 31.9. The first-order valence-corrected chi connectivity index (χ1v) is 14.1. The van der Waals surface area contributed by atoms with Gasteiger partial charge in [-0.25, -0.2) is 23.1 Å². The van der Waals surface area contributed by atoms with Crippen molar-refractivity contribution in [1.29, 1.82) is 0 Å². The number of piperazine rings is 1. The van der Waals surface area contributed by atoms with E-state index in [-0.39, 0.29) is 35.6 Å². The van der Waals surface area contributed by atoms with E-state index in [1.807, 2.05) is 37.6 Å². The number of amides is 1. The second kappa shape index (κ2) is 12.2. The number of hydrogen-bond donors (Lipinski definition) is 1. The molecule has 2 aromatic carbocycles. The first kappa shape index (κ1) is 31.5. The van der Waals surface area contributed by atoms with Crippen molar-refractivity contribution in [2.45, 2.75) is 45.2 Å². The molecule has 2 fully saturated rings. The molecule has 3 aromatic rings. The Balaban J connectivity index is 1.56. The lowest BCUT2D eigenvalue weighted by atomic mass is 10.0. The maximum Gasteiger partial charge on any atom is 0.417 e. The predicted octanol–water partition coefficient (Wildman–Crippen LogP) is 5.59. The zero-order valence-corrected chi connectivity index (χ0v) is 24.6. The molecule has 1 aromatic heterocycles. The molecule has 0 bridgehead atoms. The Bertz CT molecular complexity index is 1530. The Hall–Kier alpha value is -3.91. The van der Waals surface area contributed by atoms with Gasteiger partial charge in [0.1, 0.15) is 17.3 Å². The number of morpholine rings is 1. The van der Waals surface area contributed by atoms with E-state index >= 15 is 8.78 Å². The first-order valence-electron chi connectivity index (χ1n) is 14.1. The average Bonchev–Trinajstić information content (AvgIpc) is 2.95. The van der Waals surface area contributed by atoms with Gasteiger partial charge in [0.15, 0.2) is 5.82 Å². The molecule has 0 spiro atoms. The average molecular weight is 623 g/mol. The van der Waals surface area contributed by atoms with E-state index in [0.717, 1.165) is 6.07 Å². The van der Waals surface area contributed by atoms with Gasteiger partial charge in [-0.15, -0.1) is 0 Å². The monoisotopic (exact) mass is 622 g/mol. The van der Waals surface area contributed by atoms with E-state index in [4.69, 9.17) is 4.74 Å². The van der Waals surface area contributed by atoms with Gasteiger partial charge in [-0.05, 0) is 46.0 Å². The number of carbonyl (C=O) groups excluding carboxylic acids is 1. The summed E-state index contributed by atoms with van der Waals surface area (Å²) in [5, 5.41) is 2.24. The zero-order valence-electron chi connectivity index (χ0n) is 24.6. The largest absolute Gasteiger partial charge is 0.417 e. The van der Waals surface area contributed by atoms with Crippen LogP contribution in [0.5, 0.6) is 0 Å². The Morgan fingerprint density at radius 2 is 1.61 bits per heavy atom. The molecule has 8 nitrogen and oxygen atoms in total. The summed E-state index contributed by atoms with van der Waals surface area (Å²) < 4.78 is 92.6. The van der Waals surface area contributed by atoms with Crippen molar-refractivity contribution in [2.24, 2.45) is 0 Å². The Morgan fingerprint density at radius 1 is 0.955 bits per heavy atom. The van der Waals surface area contributed by atoms with E-state index in [0.29, 0.717) is 50.8 Å². The number of nitrogens with zero attached hydrogens (tertiary/aromatic N) is 5. The minimum absolute atomic E-state index is 0.0291. The molecule has 0 radical (unpaired) electrons. The maximum absolute atomic E-state index is 16.4. The van der Waals surface area contributed by atoms with Gasteiger partial charge in [0.25, 0.3) is 5.91 Å². The van der Waals surface area contributed by atoms with Crippen molar-refractivity contribution < 1.29 is 35.9 Å². The number of anilines is 3. The number of halogens is 6. The van der Waals surface area contributed by atoms with Gasteiger partial charge >= 0.3 is 6.18 Å². The van der Waals surface area contributed by atoms with Gasteiger partial charge in [0, 0.05) is 62.8 Å². The van der Waals surface area contributed by atoms with Crippen molar-refractivity contribution in [3.8, 4) is 11.1 Å². The van der Waals surface area contributed by atoms with Crippen LogP contribution in [-0.2, 0) is 10.9 Å². The van der Waals surface area contributed by atoms with E-state index in [2.05, 4.69) is 15.3 Å². The number of ether oxygens (including phenoxy) is 1. The van der Waals surface area contributed by atoms with Gasteiger partial charge in [-0.2, -0.15) is 13.2 Å². The number of likely N-dealkylation sites (N-methyl/N-ethyl adjacent to an activating group) is 1. The standard InChI is InChI=1S/C30H32F6N6O2/c1-16-13-41(8-7-40(16)4)24-10-23(32)25(19-11-37-29(38-12-19)42-14-17(2)44-18(3)15-42)26(33)27(24)39-28(43)21-6-5-20(31)9-22(21)30(34,35)36/h5-6,9-12,16-18H,7-8,13-15H2,1-4H3,(H,39,43)/t16-,17-,18+/m0/s1. The molecule has 1 N–H and O–H groups in total. The maximum atomic E-state index is 16.4. The van der Waals surface area contributed by atoms with Gasteiger partial charge in [-0.3, -0.25) is 4.79 Å². The minimum Gasteiger partial charge on any atom is -0.372 e. The quantitative estimate of drug-likeness (QED) is 0.373. The number of aromatic nitrogens is 2. The molecule has 1 amide bonds. The molecule has 236 valence electrons. The van der Waals surface area contributed by atoms with Crippen LogP contribution in [0.1, 0.15) is 36.7 Å². The lowest BCUT2D eigenvalue weighted by molar-refractivity contribution is -0.138. The molecule has 0 unspecified atom stereocenters. The summed E-state index contributed by atoms with van der Waals surface area (Å²) in [5.74, 6) is -4.37. The molecule has 3 atom stereocenters. The third-order valence-corrected chi connectivity index (χ3v) is 7.90. The van der Waals surface area contributed by atoms with E-state index in [1.165, 1.54) is 12.4 Å². The lowest BCUT2D eigenvalue weighted by Gasteiger charge is -2.39. The molecule has 2 saturated heterocycles. The Morgan fingerprint density at radius 3 is 2.23 bits per heavy atom. The molecule has 14 heteroatoms. The van der Waals surface area contributed by atoms with Crippen LogP contribution >= 0.6 is 0 Å². The Kier molecular flexibility index (Phi) is 8.76. The van der Waals surface area contributed by atoms with E-state index < -0.39 is 51.9 Å². The third-order valence-electron chi connectivity index (χ3n) is 7.90. The second-order valence-corrected chi connectivity index (χ2v) is 11.3. The van der Waals surface area contributed by atoms with Gasteiger partial charge in [0.2, 0.25) is 5.95 Å². The van der Waals surface area contributed by atoms with Crippen molar-refractivity contribution in [3.63, 3.8) is 0 Å². The molecular formula is C30H32F6N6O2. The summed E-state index contributed by atoms with van der Waals surface area (Å²) >= 11 is 0. The summed E-state index contributed by atoms with van der Waals surface area (Å²) in [7, 11) is 1.89. The van der Waals surface area contributed by atoms with E-state index in [9.17, 15) is 22.4 Å². The Labute approximate surface area is 250 Å². The highest BCUT2D eigenvalue weighted by atomic mass is 19.4. The lowest BCUT2D eigenvalue weighted by Crippen LogP contribution is -2.50. The van der Waals surface area contributed by atoms with Crippen LogP contribution in [0, 0.1) is 17.5 Å². The van der Waals surface area contributed by atoms with Crippen molar-refractivity contribution in [1.82, 2.24) is 14.9 Å². The molecule has 44 heavy (non-hydrogen) atoms. The van der Waals surface area contributed by atoms with Crippen LogP contribution < -0.4 is 15.1 Å². The number of alkyl halides is 3. The van der Waals surface area contributed by atoms with Crippen molar-refractivity contribution in [3.05, 3.63) is 65.2 Å². The molecule has 2 aliphatic rings. The third kappa shape index (κ3) is 6.46. The predicted molar refractivity (Wildman–Crippen MR) is 153 cm³/mol. The highest BCUT2D eigenvalue weighted by Crippen LogP contribution is 2.40. The number of rotatable bonds is 5. The second-order valence-electron chi connectivity index (χ2n) is 11.3. The van der Waals surface area contributed by atoms with Crippen LogP contribution in [0.15, 0.2) is 36.7 Å². The molecule has 3 heterocycles. The highest BCUT2D eigenvalue weighted by molar-refractivity contribution is 6.07. The van der Waals surface area contributed by atoms with Crippen LogP contribution in [0.2, 0.25) is 0 Å². The fourth-order valence-electron chi connectivity index (χ4n) is 5.59. The molecular weight excluding hydrogens is 590 g/mol. The summed E-state index contributed by atoms with van der Waals surface area (Å²) in [4.78, 5) is 27.4. The highest BCUT2D eigenvalue weighted by Gasteiger charge is 2.37. The van der Waals surface area contributed by atoms with Crippen molar-refractivity contribution >= 4 is 23.2 Å². The SMILES string of the molecule is C[C@@H]1CN(c2ncc(-c3c(F)cc(N4CCN(C)[C@@H](C)C4)c(NC(=O)c4ccc(F)cc4C(F)(F)F)c3F)cn2)C[C@H](C)O1. The molecule has 5 rings (SSSR count). The summed E-state index contributed by atoms with van der Waals surface area (Å²) in [6.45, 7) is 7.96. The summed E-state index contributed by atoms with van der Waals surface area (Å²) in [5.41, 5.74) is -3.59. The summed E-state index contributed by atoms with van der Waals surface area (Å²) in [6, 6.07) is 2.58. The summed E-state index contributed by atoms with van der Waals surface area (Å²) in [6.07, 6.45) is -2.72. The molecule has 2 aliphatic heterocycles. The molecule has 0 saturated carbocycles. The minimum atomic E-state index is -5.06. The number of carbonyl (C=O) groups is 1. The van der Waals surface area contributed by atoms with Crippen LogP contribution in [-0.4, -0.2) is 78.8 Å². The number of benzene rings is 2. The van der Waals surface area contributed by atoms with Crippen LogP contribution in [0.4, 0.5) is 43.7 Å². The fraction of sp³-hybridized carbons (Fsp3) is 0.433. The number of nitrogens with one attached hydrogen (secondary N) is 1. The topological polar surface area (TPSA) is 73.8 Å². The van der Waals surface area contributed by atoms with Crippen LogP contribution in [0.25, 0.3) is 11.1 Å².